The summed E-state index contributed by atoms with van der Waals surface area (Å²) in [4.78, 5) is 0. The third-order valence-electron chi connectivity index (χ3n) is 6.23. The van der Waals surface area contributed by atoms with Crippen molar-refractivity contribution < 1.29 is 36.5 Å². The Morgan fingerprint density at radius 2 is 1.91 bits per heavy atom. The van der Waals surface area contributed by atoms with Gasteiger partial charge in [-0.3, -0.25) is 4.57 Å². The molecule has 3 N–H and O–H groups in total. The van der Waals surface area contributed by atoms with Gasteiger partial charge in [0.25, 0.3) is 0 Å². The van der Waals surface area contributed by atoms with Crippen LogP contribution in [0.5, 0.6) is 11.8 Å². The molecule has 2 aliphatic rings. The Labute approximate surface area is 181 Å². The third-order valence-corrected chi connectivity index (χ3v) is 7.63. The van der Waals surface area contributed by atoms with Gasteiger partial charge in [-0.25, -0.2) is 13.1 Å². The Balaban J connectivity index is 1.90. The molecule has 8 nitrogen and oxygen atoms in total. The second kappa shape index (κ2) is 6.63. The van der Waals surface area contributed by atoms with Crippen LogP contribution in [-0.4, -0.2) is 35.0 Å². The first kappa shape index (κ1) is 22.4. The van der Waals surface area contributed by atoms with Gasteiger partial charge >= 0.3 is 6.18 Å². The first-order chi connectivity index (χ1) is 14.7. The molecule has 2 aliphatic heterocycles. The fourth-order valence-corrected chi connectivity index (χ4v) is 5.67. The van der Waals surface area contributed by atoms with E-state index in [4.69, 9.17) is 10.00 Å². The fraction of sp³-hybridized carbons (Fsp3) is 0.450. The molecule has 12 heteroatoms. The topological polar surface area (TPSA) is 125 Å². The second-order valence-corrected chi connectivity index (χ2v) is 10.3. The van der Waals surface area contributed by atoms with Crippen LogP contribution in [-0.2, 0) is 32.1 Å². The minimum absolute atomic E-state index is 0.102. The quantitative estimate of drug-likeness (QED) is 0.630. The molecule has 1 aromatic heterocycles. The predicted octanol–water partition coefficient (Wildman–Crippen LogP) is 2.95. The van der Waals surface area contributed by atoms with Gasteiger partial charge in [0, 0.05) is 6.42 Å². The maximum absolute atomic E-state index is 13.4. The molecule has 3 atom stereocenters. The molecular formula is C20H20F3N3O5S. The van der Waals surface area contributed by atoms with Crippen molar-refractivity contribution in [1.29, 1.82) is 5.26 Å². The number of ether oxygens (including phenoxy) is 1. The molecule has 3 heterocycles. The van der Waals surface area contributed by atoms with E-state index in [2.05, 4.69) is 4.72 Å². The maximum atomic E-state index is 13.4. The van der Waals surface area contributed by atoms with Crippen LogP contribution in [0.3, 0.4) is 0 Å². The first-order valence-electron chi connectivity index (χ1n) is 9.68. The number of nitrogens with one attached hydrogen (secondary N) is 1. The van der Waals surface area contributed by atoms with Crippen LogP contribution in [0.15, 0.2) is 18.2 Å². The highest BCUT2D eigenvalue weighted by atomic mass is 32.2. The van der Waals surface area contributed by atoms with Gasteiger partial charge in [-0.15, -0.1) is 0 Å². The molecule has 0 radical (unpaired) electrons. The zero-order valence-electron chi connectivity index (χ0n) is 17.3. The molecule has 0 unspecified atom stereocenters. The molecule has 1 fully saturated rings. The maximum Gasteiger partial charge on any atom is 0.417 e. The fourth-order valence-electron chi connectivity index (χ4n) is 4.76. The zero-order chi connectivity index (χ0) is 23.9. The number of alkyl halides is 3. The summed E-state index contributed by atoms with van der Waals surface area (Å²) in [7, 11) is -3.63. The number of halogens is 3. The number of hydrogen-bond acceptors (Lipinski definition) is 6. The summed E-state index contributed by atoms with van der Waals surface area (Å²) in [6.45, 7) is 4.63. The standard InChI is InChI=1S/C20H20F3N3O5S/c1-4-32(29,30)25-13-8-18(2)14-15(19(13,3)31-18)17(28)26(16(14)27)11-6-5-10(9-24)12(7-11)20(21,22)23/h5-7,13,25,27-28H,4,8H2,1-3H3/t13-,18-,19+/m1/s1. The summed E-state index contributed by atoms with van der Waals surface area (Å²) >= 11 is 0. The number of aromatic hydroxyl groups is 2. The number of benzene rings is 1. The highest BCUT2D eigenvalue weighted by Crippen LogP contribution is 2.64. The minimum Gasteiger partial charge on any atom is -0.494 e. The lowest BCUT2D eigenvalue weighted by Crippen LogP contribution is -2.47. The van der Waals surface area contributed by atoms with Crippen molar-refractivity contribution >= 4 is 10.0 Å². The van der Waals surface area contributed by atoms with Crippen LogP contribution in [0.1, 0.15) is 49.4 Å². The number of rotatable bonds is 4. The summed E-state index contributed by atoms with van der Waals surface area (Å²) < 4.78 is 74.0. The number of sulfonamides is 1. The number of fused-ring (bicyclic) bond motifs is 5. The SMILES string of the molecule is CCS(=O)(=O)N[C@@H]1C[C@@]2(C)O[C@]1(C)c1c2c(O)n(-c2ccc(C#N)c(C(F)(F)F)c2)c1O. The van der Waals surface area contributed by atoms with Gasteiger partial charge in [-0.05, 0) is 39.0 Å². The Kier molecular flexibility index (Phi) is 4.65. The number of aromatic nitrogens is 1. The van der Waals surface area contributed by atoms with E-state index < -0.39 is 56.3 Å². The summed E-state index contributed by atoms with van der Waals surface area (Å²) in [6, 6.07) is 3.50. The van der Waals surface area contributed by atoms with Crippen molar-refractivity contribution in [2.45, 2.75) is 50.6 Å². The van der Waals surface area contributed by atoms with Crippen molar-refractivity contribution in [3.63, 3.8) is 0 Å². The minimum atomic E-state index is -4.83. The van der Waals surface area contributed by atoms with E-state index in [1.165, 1.54) is 19.1 Å². The molecule has 1 saturated heterocycles. The molecular weight excluding hydrogens is 451 g/mol. The highest BCUT2D eigenvalue weighted by Gasteiger charge is 2.65. The van der Waals surface area contributed by atoms with Crippen LogP contribution in [0.25, 0.3) is 5.69 Å². The summed E-state index contributed by atoms with van der Waals surface area (Å²) in [5, 5.41) is 30.9. The van der Waals surface area contributed by atoms with Crippen molar-refractivity contribution in [3.8, 4) is 23.5 Å². The van der Waals surface area contributed by atoms with E-state index in [0.717, 1.165) is 10.6 Å². The average molecular weight is 471 g/mol. The lowest BCUT2D eigenvalue weighted by molar-refractivity contribution is -0.137. The Morgan fingerprint density at radius 1 is 1.28 bits per heavy atom. The van der Waals surface area contributed by atoms with E-state index in [1.807, 2.05) is 0 Å². The van der Waals surface area contributed by atoms with E-state index in [9.17, 15) is 31.8 Å². The molecule has 4 rings (SSSR count). The van der Waals surface area contributed by atoms with Gasteiger partial charge < -0.3 is 14.9 Å². The molecule has 2 aromatic rings. The lowest BCUT2D eigenvalue weighted by atomic mass is 9.77. The molecule has 172 valence electrons. The van der Waals surface area contributed by atoms with Crippen molar-refractivity contribution in [1.82, 2.24) is 9.29 Å². The van der Waals surface area contributed by atoms with E-state index >= 15 is 0 Å². The molecule has 0 amide bonds. The number of nitrogens with zero attached hydrogens (tertiary/aromatic N) is 2. The zero-order valence-corrected chi connectivity index (χ0v) is 18.1. The molecule has 1 aromatic carbocycles. The molecule has 32 heavy (non-hydrogen) atoms. The lowest BCUT2D eigenvalue weighted by Gasteiger charge is -2.30. The summed E-state index contributed by atoms with van der Waals surface area (Å²) in [6.07, 6.45) is -4.68. The van der Waals surface area contributed by atoms with Crippen molar-refractivity contribution in [2.24, 2.45) is 0 Å². The Bertz CT molecular complexity index is 1280. The molecule has 0 saturated carbocycles. The van der Waals surface area contributed by atoms with Crippen molar-refractivity contribution in [2.75, 3.05) is 5.75 Å². The van der Waals surface area contributed by atoms with E-state index in [-0.39, 0.29) is 29.0 Å². The predicted molar refractivity (Wildman–Crippen MR) is 106 cm³/mol. The Morgan fingerprint density at radius 3 is 2.47 bits per heavy atom. The average Bonchev–Trinajstić information content (AvgIpc) is 3.21. The van der Waals surface area contributed by atoms with Gasteiger partial charge in [0.05, 0.1) is 51.4 Å². The van der Waals surface area contributed by atoms with Crippen LogP contribution in [0, 0.1) is 11.3 Å². The van der Waals surface area contributed by atoms with Crippen LogP contribution in [0.4, 0.5) is 13.2 Å². The van der Waals surface area contributed by atoms with Crippen LogP contribution in [0.2, 0.25) is 0 Å². The van der Waals surface area contributed by atoms with Gasteiger partial charge in [0.15, 0.2) is 0 Å². The van der Waals surface area contributed by atoms with Crippen molar-refractivity contribution in [3.05, 3.63) is 40.5 Å². The summed E-state index contributed by atoms with van der Waals surface area (Å²) in [5.41, 5.74) is -4.28. The normalized spacial score (nSPS) is 26.8. The van der Waals surface area contributed by atoms with Gasteiger partial charge in [-0.2, -0.15) is 18.4 Å². The number of nitriles is 1. The highest BCUT2D eigenvalue weighted by molar-refractivity contribution is 7.89. The van der Waals surface area contributed by atoms with Gasteiger partial charge in [0.1, 0.15) is 5.60 Å². The second-order valence-electron chi connectivity index (χ2n) is 8.29. The van der Waals surface area contributed by atoms with E-state index in [1.54, 1.807) is 13.8 Å². The molecule has 0 spiro atoms. The summed E-state index contributed by atoms with van der Waals surface area (Å²) in [5.74, 6) is -1.26. The van der Waals surface area contributed by atoms with Crippen LogP contribution < -0.4 is 4.72 Å². The molecule has 2 bridgehead atoms. The Hall–Kier alpha value is -2.75. The van der Waals surface area contributed by atoms with Gasteiger partial charge in [0.2, 0.25) is 21.8 Å². The number of hydrogen-bond donors (Lipinski definition) is 3. The third kappa shape index (κ3) is 2.99. The largest absolute Gasteiger partial charge is 0.494 e. The molecule has 0 aliphatic carbocycles. The monoisotopic (exact) mass is 471 g/mol. The van der Waals surface area contributed by atoms with Gasteiger partial charge in [-0.1, -0.05) is 0 Å². The van der Waals surface area contributed by atoms with E-state index in [0.29, 0.717) is 6.07 Å². The first-order valence-corrected chi connectivity index (χ1v) is 11.3. The van der Waals surface area contributed by atoms with Crippen LogP contribution >= 0.6 is 0 Å². The smallest absolute Gasteiger partial charge is 0.417 e.